The zero-order chi connectivity index (χ0) is 11.5. The lowest BCUT2D eigenvalue weighted by atomic mass is 10.0. The Hall–Kier alpha value is -0.570. The molecule has 2 rings (SSSR count). The zero-order valence-corrected chi connectivity index (χ0v) is 11.6. The molecule has 1 unspecified atom stereocenters. The van der Waals surface area contributed by atoms with Crippen LogP contribution in [0.5, 0.6) is 0 Å². The van der Waals surface area contributed by atoms with E-state index in [1.165, 1.54) is 24.2 Å². The van der Waals surface area contributed by atoms with Gasteiger partial charge in [-0.1, -0.05) is 35.8 Å². The molecule has 2 nitrogen and oxygen atoms in total. The van der Waals surface area contributed by atoms with E-state index >= 15 is 0 Å². The van der Waals surface area contributed by atoms with Gasteiger partial charge in [0.25, 0.3) is 0 Å². The summed E-state index contributed by atoms with van der Waals surface area (Å²) in [5, 5.41) is 0.886. The second-order valence-corrected chi connectivity index (χ2v) is 5.33. The molecular weight excluding hydrogens is 264 g/mol. The highest BCUT2D eigenvalue weighted by Gasteiger charge is 2.28. The van der Waals surface area contributed by atoms with E-state index in [2.05, 4.69) is 45.7 Å². The fourth-order valence-corrected chi connectivity index (χ4v) is 2.98. The van der Waals surface area contributed by atoms with Crippen molar-refractivity contribution in [2.75, 3.05) is 11.4 Å². The van der Waals surface area contributed by atoms with Crippen molar-refractivity contribution in [3.05, 3.63) is 23.9 Å². The van der Waals surface area contributed by atoms with Crippen LogP contribution in [0.25, 0.3) is 0 Å². The van der Waals surface area contributed by atoms with Crippen LogP contribution in [0.1, 0.15) is 32.3 Å². The fourth-order valence-electron chi connectivity index (χ4n) is 2.54. The van der Waals surface area contributed by atoms with Crippen molar-refractivity contribution < 1.29 is 0 Å². The number of pyridine rings is 1. The summed E-state index contributed by atoms with van der Waals surface area (Å²) in [5.41, 5.74) is 1.30. The van der Waals surface area contributed by atoms with Gasteiger partial charge in [-0.25, -0.2) is 4.98 Å². The van der Waals surface area contributed by atoms with Crippen LogP contribution in [0.15, 0.2) is 18.3 Å². The van der Waals surface area contributed by atoms with Crippen molar-refractivity contribution in [2.24, 2.45) is 5.92 Å². The predicted octanol–water partition coefficient (Wildman–Crippen LogP) is 3.60. The number of hydrogen-bond donors (Lipinski definition) is 0. The molecule has 0 amide bonds. The highest BCUT2D eigenvalue weighted by molar-refractivity contribution is 9.08. The normalized spacial score (nSPS) is 20.8. The minimum atomic E-state index is 0.660. The van der Waals surface area contributed by atoms with Crippen LogP contribution in [0.4, 0.5) is 5.82 Å². The maximum absolute atomic E-state index is 4.56. The van der Waals surface area contributed by atoms with Crippen LogP contribution in [0.3, 0.4) is 0 Å². The molecule has 0 spiro atoms. The van der Waals surface area contributed by atoms with Crippen LogP contribution >= 0.6 is 15.9 Å². The lowest BCUT2D eigenvalue weighted by molar-refractivity contribution is 0.489. The van der Waals surface area contributed by atoms with E-state index in [1.807, 2.05) is 12.3 Å². The number of halogens is 1. The van der Waals surface area contributed by atoms with E-state index < -0.39 is 0 Å². The van der Waals surface area contributed by atoms with Crippen molar-refractivity contribution >= 4 is 21.7 Å². The van der Waals surface area contributed by atoms with Gasteiger partial charge in [-0.3, -0.25) is 0 Å². The molecule has 1 aromatic heterocycles. The van der Waals surface area contributed by atoms with Crippen LogP contribution in [-0.2, 0) is 5.33 Å². The molecule has 0 radical (unpaired) electrons. The van der Waals surface area contributed by atoms with Crippen molar-refractivity contribution in [1.82, 2.24) is 4.98 Å². The third kappa shape index (κ3) is 2.24. The van der Waals surface area contributed by atoms with Gasteiger partial charge in [0, 0.05) is 29.7 Å². The molecule has 1 aliphatic rings. The number of nitrogens with zero attached hydrogens (tertiary/aromatic N) is 2. The van der Waals surface area contributed by atoms with Gasteiger partial charge in [-0.15, -0.1) is 0 Å². The quantitative estimate of drug-likeness (QED) is 0.788. The topological polar surface area (TPSA) is 16.1 Å². The SMILES string of the molecule is CC(C)C1CCCN1c1ncccc1CBr. The summed E-state index contributed by atoms with van der Waals surface area (Å²) in [5.74, 6) is 1.88. The summed E-state index contributed by atoms with van der Waals surface area (Å²) in [7, 11) is 0. The van der Waals surface area contributed by atoms with Gasteiger partial charge in [0.1, 0.15) is 5.82 Å². The van der Waals surface area contributed by atoms with E-state index in [0.29, 0.717) is 12.0 Å². The predicted molar refractivity (Wildman–Crippen MR) is 72.1 cm³/mol. The molecule has 2 heterocycles. The molecule has 1 saturated heterocycles. The largest absolute Gasteiger partial charge is 0.353 e. The summed E-state index contributed by atoms with van der Waals surface area (Å²) < 4.78 is 0. The number of aromatic nitrogens is 1. The summed E-state index contributed by atoms with van der Waals surface area (Å²) >= 11 is 3.55. The first-order chi connectivity index (χ1) is 7.74. The van der Waals surface area contributed by atoms with Gasteiger partial charge >= 0.3 is 0 Å². The third-order valence-corrected chi connectivity index (χ3v) is 3.96. The standard InChI is InChI=1S/C13H19BrN2/c1-10(2)12-6-4-8-16(12)13-11(9-14)5-3-7-15-13/h3,5,7,10,12H,4,6,8-9H2,1-2H3. The number of rotatable bonds is 3. The van der Waals surface area contributed by atoms with Crippen molar-refractivity contribution in [3.8, 4) is 0 Å². The molecule has 1 atom stereocenters. The zero-order valence-electron chi connectivity index (χ0n) is 9.99. The summed E-state index contributed by atoms with van der Waals surface area (Å²) in [6.07, 6.45) is 4.49. The van der Waals surface area contributed by atoms with Crippen LogP contribution < -0.4 is 4.90 Å². The Bertz CT molecular complexity index is 352. The highest BCUT2D eigenvalue weighted by Crippen LogP contribution is 2.31. The Morgan fingerprint density at radius 1 is 1.56 bits per heavy atom. The van der Waals surface area contributed by atoms with Gasteiger partial charge < -0.3 is 4.90 Å². The van der Waals surface area contributed by atoms with Gasteiger partial charge in [-0.2, -0.15) is 0 Å². The first-order valence-electron chi connectivity index (χ1n) is 6.00. The minimum absolute atomic E-state index is 0.660. The Morgan fingerprint density at radius 2 is 2.38 bits per heavy atom. The first-order valence-corrected chi connectivity index (χ1v) is 7.12. The van der Waals surface area contributed by atoms with Crippen LogP contribution in [0, 0.1) is 5.92 Å². The Kier molecular flexibility index (Phi) is 3.85. The highest BCUT2D eigenvalue weighted by atomic mass is 79.9. The molecule has 0 saturated carbocycles. The van der Waals surface area contributed by atoms with Crippen LogP contribution in [0.2, 0.25) is 0 Å². The van der Waals surface area contributed by atoms with Gasteiger partial charge in [-0.05, 0) is 24.8 Å². The van der Waals surface area contributed by atoms with E-state index in [1.54, 1.807) is 0 Å². The van der Waals surface area contributed by atoms with Crippen molar-refractivity contribution in [1.29, 1.82) is 0 Å². The molecule has 1 aromatic rings. The molecule has 0 N–H and O–H groups in total. The molecule has 88 valence electrons. The minimum Gasteiger partial charge on any atom is -0.353 e. The lowest BCUT2D eigenvalue weighted by Crippen LogP contribution is -2.34. The monoisotopic (exact) mass is 282 g/mol. The molecule has 16 heavy (non-hydrogen) atoms. The Labute approximate surface area is 106 Å². The maximum atomic E-state index is 4.56. The van der Waals surface area contributed by atoms with Gasteiger partial charge in [0.15, 0.2) is 0 Å². The summed E-state index contributed by atoms with van der Waals surface area (Å²) in [6, 6.07) is 4.83. The second-order valence-electron chi connectivity index (χ2n) is 4.77. The summed E-state index contributed by atoms with van der Waals surface area (Å²) in [4.78, 5) is 7.05. The first kappa shape index (κ1) is 11.9. The summed E-state index contributed by atoms with van der Waals surface area (Å²) in [6.45, 7) is 5.76. The van der Waals surface area contributed by atoms with E-state index in [0.717, 1.165) is 11.9 Å². The average Bonchev–Trinajstić information content (AvgIpc) is 2.77. The molecule has 0 aromatic carbocycles. The van der Waals surface area contributed by atoms with E-state index in [-0.39, 0.29) is 0 Å². The molecular formula is C13H19BrN2. The van der Waals surface area contributed by atoms with Crippen molar-refractivity contribution in [3.63, 3.8) is 0 Å². The molecule has 1 aliphatic heterocycles. The molecule has 0 aliphatic carbocycles. The Morgan fingerprint density at radius 3 is 3.06 bits per heavy atom. The molecule has 1 fully saturated rings. The average molecular weight is 283 g/mol. The Balaban J connectivity index is 2.28. The number of alkyl halides is 1. The lowest BCUT2D eigenvalue weighted by Gasteiger charge is -2.30. The van der Waals surface area contributed by atoms with Crippen molar-refractivity contribution in [2.45, 2.75) is 38.1 Å². The van der Waals surface area contributed by atoms with Gasteiger partial charge in [0.2, 0.25) is 0 Å². The number of anilines is 1. The number of hydrogen-bond acceptors (Lipinski definition) is 2. The smallest absolute Gasteiger partial charge is 0.132 e. The molecule has 0 bridgehead atoms. The maximum Gasteiger partial charge on any atom is 0.132 e. The molecule has 3 heteroatoms. The van der Waals surface area contributed by atoms with Gasteiger partial charge in [0.05, 0.1) is 0 Å². The van der Waals surface area contributed by atoms with E-state index in [4.69, 9.17) is 0 Å². The van der Waals surface area contributed by atoms with E-state index in [9.17, 15) is 0 Å². The van der Waals surface area contributed by atoms with Crippen LogP contribution in [-0.4, -0.2) is 17.6 Å². The third-order valence-electron chi connectivity index (χ3n) is 3.35. The second kappa shape index (κ2) is 5.17. The fraction of sp³-hybridized carbons (Fsp3) is 0.615.